The van der Waals surface area contributed by atoms with Crippen molar-refractivity contribution in [3.63, 3.8) is 0 Å². The highest BCUT2D eigenvalue weighted by molar-refractivity contribution is 8.00. The van der Waals surface area contributed by atoms with Gasteiger partial charge in [0.1, 0.15) is 22.3 Å². The van der Waals surface area contributed by atoms with E-state index < -0.39 is 5.25 Å². The van der Waals surface area contributed by atoms with Crippen LogP contribution in [0.15, 0.2) is 95.9 Å². The molecule has 0 saturated carbocycles. The highest BCUT2D eigenvalue weighted by Gasteiger charge is 2.23. The summed E-state index contributed by atoms with van der Waals surface area (Å²) in [5.74, 6) is 0.326. The summed E-state index contributed by atoms with van der Waals surface area (Å²) in [6.07, 6.45) is 0. The topological polar surface area (TPSA) is 76.7 Å². The molecule has 4 rings (SSSR count). The Bertz CT molecular complexity index is 1410. The fourth-order valence-corrected chi connectivity index (χ4v) is 5.06. The van der Waals surface area contributed by atoms with Crippen molar-refractivity contribution in [1.29, 1.82) is 0 Å². The first-order chi connectivity index (χ1) is 18.4. The van der Waals surface area contributed by atoms with Crippen LogP contribution in [0.5, 0.6) is 11.5 Å². The van der Waals surface area contributed by atoms with E-state index in [-0.39, 0.29) is 11.8 Å². The molecule has 4 aromatic rings. The maximum absolute atomic E-state index is 13.4. The molecular weight excluding hydrogens is 520 g/mol. The second-order valence-corrected chi connectivity index (χ2v) is 9.91. The van der Waals surface area contributed by atoms with Crippen molar-refractivity contribution in [2.24, 2.45) is 0 Å². The third-order valence-corrected chi connectivity index (χ3v) is 7.56. The highest BCUT2D eigenvalue weighted by atomic mass is 35.5. The zero-order chi connectivity index (χ0) is 27.1. The number of amides is 2. The van der Waals surface area contributed by atoms with Gasteiger partial charge in [-0.3, -0.25) is 9.59 Å². The molecule has 0 aliphatic heterocycles. The Morgan fingerprint density at radius 1 is 0.789 bits per heavy atom. The van der Waals surface area contributed by atoms with E-state index in [9.17, 15) is 9.59 Å². The Hall–Kier alpha value is -3.94. The Kier molecular flexibility index (Phi) is 8.94. The summed E-state index contributed by atoms with van der Waals surface area (Å²) in [6.45, 7) is 1.87. The molecule has 4 aromatic carbocycles. The van der Waals surface area contributed by atoms with Gasteiger partial charge in [0.15, 0.2) is 0 Å². The standard InChI is InChI=1S/C30H27ClN2O4S/c1-19-23(31)11-7-12-24(19)33-30(35)28(20-9-5-4-6-10-20)38-22-17-15-21(16-18-22)32-29(34)27-25(36-2)13-8-14-26(27)37-3/h4-18,28H,1-3H3,(H,32,34)(H,33,35). The van der Waals surface area contributed by atoms with Crippen LogP contribution in [0, 0.1) is 6.92 Å². The number of halogens is 1. The summed E-state index contributed by atoms with van der Waals surface area (Å²) < 4.78 is 10.7. The third kappa shape index (κ3) is 6.30. The number of methoxy groups -OCH3 is 2. The fraction of sp³-hybridized carbons (Fsp3) is 0.133. The van der Waals surface area contributed by atoms with Crippen molar-refractivity contribution < 1.29 is 19.1 Å². The Morgan fingerprint density at radius 2 is 1.42 bits per heavy atom. The third-order valence-electron chi connectivity index (χ3n) is 5.89. The van der Waals surface area contributed by atoms with Crippen molar-refractivity contribution in [2.75, 3.05) is 24.9 Å². The number of carbonyl (C=O) groups excluding carboxylic acids is 2. The van der Waals surface area contributed by atoms with Crippen LogP contribution in [0.3, 0.4) is 0 Å². The average molecular weight is 547 g/mol. The molecule has 0 fully saturated rings. The van der Waals surface area contributed by atoms with Gasteiger partial charge in [0.05, 0.1) is 14.2 Å². The number of rotatable bonds is 9. The molecule has 38 heavy (non-hydrogen) atoms. The summed E-state index contributed by atoms with van der Waals surface area (Å²) in [7, 11) is 3.01. The summed E-state index contributed by atoms with van der Waals surface area (Å²) >= 11 is 7.66. The van der Waals surface area contributed by atoms with Crippen LogP contribution in [-0.4, -0.2) is 26.0 Å². The molecule has 0 aromatic heterocycles. The summed E-state index contributed by atoms with van der Waals surface area (Å²) in [5.41, 5.74) is 3.27. The highest BCUT2D eigenvalue weighted by Crippen LogP contribution is 2.37. The van der Waals surface area contributed by atoms with Crippen molar-refractivity contribution in [1.82, 2.24) is 0 Å². The SMILES string of the molecule is COc1cccc(OC)c1C(=O)Nc1ccc(SC(C(=O)Nc2cccc(Cl)c2C)c2ccccc2)cc1. The monoisotopic (exact) mass is 546 g/mol. The number of thioether (sulfide) groups is 1. The van der Waals surface area contributed by atoms with Crippen LogP contribution in [-0.2, 0) is 4.79 Å². The average Bonchev–Trinajstić information content (AvgIpc) is 2.94. The zero-order valence-electron chi connectivity index (χ0n) is 21.2. The number of hydrogen-bond acceptors (Lipinski definition) is 5. The predicted molar refractivity (Wildman–Crippen MR) is 154 cm³/mol. The smallest absolute Gasteiger partial charge is 0.263 e. The summed E-state index contributed by atoms with van der Waals surface area (Å²) in [5, 5.41) is 6.00. The number of anilines is 2. The number of nitrogens with one attached hydrogen (secondary N) is 2. The van der Waals surface area contributed by atoms with Crippen LogP contribution in [0.2, 0.25) is 5.02 Å². The first-order valence-electron chi connectivity index (χ1n) is 11.8. The van der Waals surface area contributed by atoms with E-state index in [1.165, 1.54) is 26.0 Å². The summed E-state index contributed by atoms with van der Waals surface area (Å²) in [4.78, 5) is 27.3. The van der Waals surface area contributed by atoms with Crippen LogP contribution < -0.4 is 20.1 Å². The molecule has 8 heteroatoms. The molecule has 1 atom stereocenters. The molecule has 6 nitrogen and oxygen atoms in total. The van der Waals surface area contributed by atoms with Crippen molar-refractivity contribution in [3.8, 4) is 11.5 Å². The van der Waals surface area contributed by atoms with E-state index in [4.69, 9.17) is 21.1 Å². The molecule has 0 bridgehead atoms. The number of benzene rings is 4. The van der Waals surface area contributed by atoms with Gasteiger partial charge < -0.3 is 20.1 Å². The van der Waals surface area contributed by atoms with Gasteiger partial charge in [-0.1, -0.05) is 54.1 Å². The Balaban J connectivity index is 1.53. The molecule has 2 amide bonds. The number of carbonyl (C=O) groups is 2. The molecule has 0 heterocycles. The van der Waals surface area contributed by atoms with Gasteiger partial charge in [-0.15, -0.1) is 11.8 Å². The minimum Gasteiger partial charge on any atom is -0.496 e. The molecule has 0 aliphatic carbocycles. The van der Waals surface area contributed by atoms with E-state index in [1.54, 1.807) is 36.4 Å². The lowest BCUT2D eigenvalue weighted by Gasteiger charge is -2.18. The zero-order valence-corrected chi connectivity index (χ0v) is 22.7. The van der Waals surface area contributed by atoms with Gasteiger partial charge in [-0.05, 0) is 66.6 Å². The molecule has 0 spiro atoms. The van der Waals surface area contributed by atoms with Gasteiger partial charge in [0.2, 0.25) is 5.91 Å². The lowest BCUT2D eigenvalue weighted by atomic mass is 10.1. The second kappa shape index (κ2) is 12.5. The normalized spacial score (nSPS) is 11.4. The molecule has 0 saturated heterocycles. The van der Waals surface area contributed by atoms with Crippen LogP contribution >= 0.6 is 23.4 Å². The minimum atomic E-state index is -0.507. The quantitative estimate of drug-likeness (QED) is 0.214. The molecule has 194 valence electrons. The van der Waals surface area contributed by atoms with Crippen LogP contribution in [0.4, 0.5) is 11.4 Å². The molecule has 2 N–H and O–H groups in total. The molecular formula is C30H27ClN2O4S. The fourth-order valence-electron chi connectivity index (χ4n) is 3.86. The van der Waals surface area contributed by atoms with E-state index >= 15 is 0 Å². The predicted octanol–water partition coefficient (Wildman–Crippen LogP) is 7.39. The first-order valence-corrected chi connectivity index (χ1v) is 13.1. The largest absolute Gasteiger partial charge is 0.496 e. The Morgan fingerprint density at radius 3 is 2.05 bits per heavy atom. The lowest BCUT2D eigenvalue weighted by Crippen LogP contribution is -2.19. The Labute approximate surface area is 231 Å². The second-order valence-electron chi connectivity index (χ2n) is 8.33. The molecule has 0 aliphatic rings. The van der Waals surface area contributed by atoms with E-state index in [2.05, 4.69) is 10.6 Å². The lowest BCUT2D eigenvalue weighted by molar-refractivity contribution is -0.115. The maximum Gasteiger partial charge on any atom is 0.263 e. The van der Waals surface area contributed by atoms with Crippen LogP contribution in [0.1, 0.15) is 26.7 Å². The van der Waals surface area contributed by atoms with Gasteiger partial charge >= 0.3 is 0 Å². The van der Waals surface area contributed by atoms with Crippen molar-refractivity contribution in [3.05, 3.63) is 113 Å². The maximum atomic E-state index is 13.4. The van der Waals surface area contributed by atoms with Crippen molar-refractivity contribution in [2.45, 2.75) is 17.1 Å². The van der Waals surface area contributed by atoms with Crippen molar-refractivity contribution >= 4 is 46.6 Å². The van der Waals surface area contributed by atoms with E-state index in [0.29, 0.717) is 33.5 Å². The summed E-state index contributed by atoms with van der Waals surface area (Å²) in [6, 6.07) is 27.5. The van der Waals surface area contributed by atoms with Gasteiger partial charge in [0.25, 0.3) is 5.91 Å². The van der Waals surface area contributed by atoms with E-state index in [1.807, 2.05) is 61.5 Å². The van der Waals surface area contributed by atoms with Gasteiger partial charge in [-0.25, -0.2) is 0 Å². The minimum absolute atomic E-state index is 0.160. The van der Waals surface area contributed by atoms with Gasteiger partial charge in [0, 0.05) is 21.3 Å². The molecule has 0 radical (unpaired) electrons. The first kappa shape index (κ1) is 27.1. The van der Waals surface area contributed by atoms with E-state index in [0.717, 1.165) is 16.0 Å². The number of ether oxygens (including phenoxy) is 2. The van der Waals surface area contributed by atoms with Crippen LogP contribution in [0.25, 0.3) is 0 Å². The number of hydrogen-bond donors (Lipinski definition) is 2. The molecule has 1 unspecified atom stereocenters. The van der Waals surface area contributed by atoms with Gasteiger partial charge in [-0.2, -0.15) is 0 Å².